The summed E-state index contributed by atoms with van der Waals surface area (Å²) in [5, 5.41) is 10.2. The second-order valence-corrected chi connectivity index (χ2v) is 8.05. The summed E-state index contributed by atoms with van der Waals surface area (Å²) in [6, 6.07) is 5.68. The second kappa shape index (κ2) is 10.4. The average Bonchev–Trinajstić information content (AvgIpc) is 3.50. The molecule has 0 atom stereocenters. The Morgan fingerprint density at radius 1 is 1.19 bits per heavy atom. The van der Waals surface area contributed by atoms with Crippen molar-refractivity contribution < 1.29 is 13.9 Å². The lowest BCUT2D eigenvalue weighted by molar-refractivity contribution is -0.133. The van der Waals surface area contributed by atoms with Gasteiger partial charge in [0.1, 0.15) is 0 Å². The van der Waals surface area contributed by atoms with Crippen molar-refractivity contribution in [3.8, 4) is 10.8 Å². The summed E-state index contributed by atoms with van der Waals surface area (Å²) in [6.07, 6.45) is 3.46. The van der Waals surface area contributed by atoms with Crippen LogP contribution >= 0.6 is 11.3 Å². The fourth-order valence-corrected chi connectivity index (χ4v) is 3.99. The molecule has 4 rings (SSSR count). The summed E-state index contributed by atoms with van der Waals surface area (Å²) in [7, 11) is 1.65. The number of amides is 1. The predicted molar refractivity (Wildman–Crippen MR) is 116 cm³/mol. The number of methoxy groups -OCH3 is 1. The van der Waals surface area contributed by atoms with Gasteiger partial charge in [0.2, 0.25) is 17.7 Å². The first kappa shape index (κ1) is 21.3. The van der Waals surface area contributed by atoms with Gasteiger partial charge in [0.05, 0.1) is 24.6 Å². The molecule has 1 amide bonds. The Morgan fingerprint density at radius 2 is 2.00 bits per heavy atom. The van der Waals surface area contributed by atoms with E-state index in [1.807, 2.05) is 27.3 Å². The second-order valence-electron chi connectivity index (χ2n) is 7.10. The molecule has 11 heteroatoms. The SMILES string of the molecule is COCCN(CC(=O)N1CCN(c2ncccn2)CC1)Cc1nnc(-c2cccs2)o1. The van der Waals surface area contributed by atoms with Crippen LogP contribution in [0.15, 0.2) is 40.4 Å². The smallest absolute Gasteiger partial charge is 0.257 e. The van der Waals surface area contributed by atoms with Crippen molar-refractivity contribution in [2.45, 2.75) is 6.54 Å². The molecule has 0 N–H and O–H groups in total. The highest BCUT2D eigenvalue weighted by atomic mass is 32.1. The molecule has 3 aromatic rings. The molecule has 0 radical (unpaired) electrons. The number of nitrogens with zero attached hydrogens (tertiary/aromatic N) is 7. The topological polar surface area (TPSA) is 101 Å². The van der Waals surface area contributed by atoms with Crippen LogP contribution in [0.4, 0.5) is 5.95 Å². The standard InChI is InChI=1S/C20H25N7O3S/c1-29-12-11-25(14-17-23-24-19(30-17)16-4-2-13-31-16)15-18(28)26-7-9-27(10-8-26)20-21-5-3-6-22-20/h2-6,13H,7-12,14-15H2,1H3. The molecular weight excluding hydrogens is 418 g/mol. The minimum atomic E-state index is 0.0720. The first-order chi connectivity index (χ1) is 15.2. The van der Waals surface area contributed by atoms with Crippen molar-refractivity contribution in [3.63, 3.8) is 0 Å². The van der Waals surface area contributed by atoms with Crippen molar-refractivity contribution >= 4 is 23.2 Å². The number of aromatic nitrogens is 4. The Hall–Kier alpha value is -2.89. The first-order valence-electron chi connectivity index (χ1n) is 10.1. The van der Waals surface area contributed by atoms with E-state index in [4.69, 9.17) is 9.15 Å². The number of hydrogen-bond acceptors (Lipinski definition) is 10. The number of carbonyl (C=O) groups is 1. The molecule has 1 fully saturated rings. The molecule has 1 saturated heterocycles. The molecule has 0 bridgehead atoms. The largest absolute Gasteiger partial charge is 0.419 e. The minimum absolute atomic E-state index is 0.0720. The van der Waals surface area contributed by atoms with Crippen molar-refractivity contribution in [2.75, 3.05) is 57.9 Å². The van der Waals surface area contributed by atoms with E-state index in [0.29, 0.717) is 63.6 Å². The third-order valence-electron chi connectivity index (χ3n) is 5.00. The van der Waals surface area contributed by atoms with E-state index in [9.17, 15) is 4.79 Å². The van der Waals surface area contributed by atoms with Gasteiger partial charge in [-0.15, -0.1) is 21.5 Å². The summed E-state index contributed by atoms with van der Waals surface area (Å²) in [5.41, 5.74) is 0. The van der Waals surface area contributed by atoms with Gasteiger partial charge in [-0.25, -0.2) is 9.97 Å². The Morgan fingerprint density at radius 3 is 2.71 bits per heavy atom. The average molecular weight is 444 g/mol. The maximum atomic E-state index is 12.9. The van der Waals surface area contributed by atoms with Crippen LogP contribution < -0.4 is 4.90 Å². The van der Waals surface area contributed by atoms with Gasteiger partial charge in [-0.3, -0.25) is 9.69 Å². The molecule has 31 heavy (non-hydrogen) atoms. The molecule has 1 aliphatic rings. The van der Waals surface area contributed by atoms with Gasteiger partial charge in [-0.05, 0) is 17.5 Å². The lowest BCUT2D eigenvalue weighted by Crippen LogP contribution is -2.51. The van der Waals surface area contributed by atoms with Gasteiger partial charge < -0.3 is 19.0 Å². The number of hydrogen-bond donors (Lipinski definition) is 0. The highest BCUT2D eigenvalue weighted by Crippen LogP contribution is 2.23. The maximum absolute atomic E-state index is 12.9. The van der Waals surface area contributed by atoms with Crippen LogP contribution in [-0.2, 0) is 16.1 Å². The maximum Gasteiger partial charge on any atom is 0.257 e. The summed E-state index contributed by atoms with van der Waals surface area (Å²) < 4.78 is 11.0. The van der Waals surface area contributed by atoms with Gasteiger partial charge in [0.25, 0.3) is 5.89 Å². The Bertz CT molecular complexity index is 943. The molecule has 0 aromatic carbocycles. The highest BCUT2D eigenvalue weighted by molar-refractivity contribution is 7.13. The third-order valence-corrected chi connectivity index (χ3v) is 5.85. The molecular formula is C20H25N7O3S. The molecule has 4 heterocycles. The molecule has 1 aliphatic heterocycles. The number of piperazine rings is 1. The van der Waals surface area contributed by atoms with E-state index < -0.39 is 0 Å². The summed E-state index contributed by atoms with van der Waals surface area (Å²) in [4.78, 5) is 28.4. The van der Waals surface area contributed by atoms with Gasteiger partial charge in [-0.1, -0.05) is 6.07 Å². The van der Waals surface area contributed by atoms with Gasteiger partial charge >= 0.3 is 0 Å². The van der Waals surface area contributed by atoms with E-state index in [0.717, 1.165) is 4.88 Å². The zero-order valence-corrected chi connectivity index (χ0v) is 18.2. The Balaban J connectivity index is 1.33. The van der Waals surface area contributed by atoms with Crippen LogP contribution in [0.3, 0.4) is 0 Å². The first-order valence-corrected chi connectivity index (χ1v) is 11.0. The van der Waals surface area contributed by atoms with E-state index in [1.165, 1.54) is 0 Å². The minimum Gasteiger partial charge on any atom is -0.419 e. The quantitative estimate of drug-likeness (QED) is 0.485. The van der Waals surface area contributed by atoms with Gasteiger partial charge in [0, 0.05) is 52.2 Å². The Kier molecular flexibility index (Phi) is 7.18. The van der Waals surface area contributed by atoms with Crippen LogP contribution in [0.25, 0.3) is 10.8 Å². The molecule has 3 aromatic heterocycles. The summed E-state index contributed by atoms with van der Waals surface area (Å²) >= 11 is 1.55. The van der Waals surface area contributed by atoms with Crippen molar-refractivity contribution in [1.82, 2.24) is 30.0 Å². The molecule has 0 unspecified atom stereocenters. The molecule has 164 valence electrons. The van der Waals surface area contributed by atoms with Gasteiger partial charge in [-0.2, -0.15) is 0 Å². The highest BCUT2D eigenvalue weighted by Gasteiger charge is 2.24. The summed E-state index contributed by atoms with van der Waals surface area (Å²) in [5.74, 6) is 1.76. The summed E-state index contributed by atoms with van der Waals surface area (Å²) in [6.45, 7) is 4.46. The molecule has 0 saturated carbocycles. The van der Waals surface area contributed by atoms with E-state index in [2.05, 4.69) is 25.1 Å². The number of anilines is 1. The molecule has 10 nitrogen and oxygen atoms in total. The third kappa shape index (κ3) is 5.63. The fourth-order valence-electron chi connectivity index (χ4n) is 3.34. The zero-order valence-electron chi connectivity index (χ0n) is 17.4. The van der Waals surface area contributed by atoms with Crippen molar-refractivity contribution in [3.05, 3.63) is 41.9 Å². The van der Waals surface area contributed by atoms with E-state index in [-0.39, 0.29) is 12.5 Å². The number of ether oxygens (including phenoxy) is 1. The van der Waals surface area contributed by atoms with Crippen LogP contribution in [-0.4, -0.2) is 88.9 Å². The number of rotatable bonds is 9. The molecule has 0 aliphatic carbocycles. The lowest BCUT2D eigenvalue weighted by Gasteiger charge is -2.35. The Labute approximate surface area is 184 Å². The van der Waals surface area contributed by atoms with E-state index >= 15 is 0 Å². The fraction of sp³-hybridized carbons (Fsp3) is 0.450. The normalized spacial score (nSPS) is 14.4. The monoisotopic (exact) mass is 443 g/mol. The van der Waals surface area contributed by atoms with Crippen LogP contribution in [0.1, 0.15) is 5.89 Å². The van der Waals surface area contributed by atoms with Gasteiger partial charge in [0.15, 0.2) is 0 Å². The van der Waals surface area contributed by atoms with E-state index in [1.54, 1.807) is 36.9 Å². The molecule has 0 spiro atoms. The zero-order chi connectivity index (χ0) is 21.5. The van der Waals surface area contributed by atoms with Crippen molar-refractivity contribution in [2.24, 2.45) is 0 Å². The van der Waals surface area contributed by atoms with Crippen LogP contribution in [0.5, 0.6) is 0 Å². The van der Waals surface area contributed by atoms with Crippen LogP contribution in [0.2, 0.25) is 0 Å². The predicted octanol–water partition coefficient (Wildman–Crippen LogP) is 1.39. The lowest BCUT2D eigenvalue weighted by atomic mass is 10.3. The number of thiophene rings is 1. The van der Waals surface area contributed by atoms with Crippen molar-refractivity contribution in [1.29, 1.82) is 0 Å². The van der Waals surface area contributed by atoms with Crippen LogP contribution in [0, 0.1) is 0 Å². The number of carbonyl (C=O) groups excluding carboxylic acids is 1.